The van der Waals surface area contributed by atoms with Crippen molar-refractivity contribution in [3.63, 3.8) is 0 Å². The van der Waals surface area contributed by atoms with Crippen LogP contribution in [0.3, 0.4) is 0 Å². The van der Waals surface area contributed by atoms with Crippen LogP contribution in [0.1, 0.15) is 6.23 Å². The van der Waals surface area contributed by atoms with E-state index in [1.807, 2.05) is 4.98 Å². The molecule has 2 aromatic rings. The number of aliphatic hydroxyl groups is 3. The Bertz CT molecular complexity index is 1450. The van der Waals surface area contributed by atoms with Crippen molar-refractivity contribution < 1.29 is 48.8 Å². The van der Waals surface area contributed by atoms with Crippen molar-refractivity contribution in [1.82, 2.24) is 9.55 Å². The van der Waals surface area contributed by atoms with Crippen molar-refractivity contribution in [1.29, 1.82) is 0 Å². The largest absolute Gasteiger partial charge is 0.456 e. The van der Waals surface area contributed by atoms with Crippen molar-refractivity contribution in [2.45, 2.75) is 49.1 Å². The molecule has 7 N–H and O–H groups in total. The lowest BCUT2D eigenvalue weighted by molar-refractivity contribution is -0.384. The third kappa shape index (κ3) is 6.16. The summed E-state index contributed by atoms with van der Waals surface area (Å²) >= 11 is 0. The highest BCUT2D eigenvalue weighted by atomic mass is 16.7. The van der Waals surface area contributed by atoms with Gasteiger partial charge in [-0.2, -0.15) is 0 Å². The number of aromatic amines is 1. The molecule has 1 fully saturated rings. The minimum absolute atomic E-state index is 0.137. The number of carbonyl (C=O) groups is 2. The fraction of sp³-hybridized carbons (Fsp3) is 0.391. The van der Waals surface area contributed by atoms with Gasteiger partial charge in [0.05, 0.1) is 4.92 Å². The molecule has 220 valence electrons. The first-order valence-electron chi connectivity index (χ1n) is 11.8. The van der Waals surface area contributed by atoms with Gasteiger partial charge in [-0.1, -0.05) is 0 Å². The predicted molar refractivity (Wildman–Crippen MR) is 133 cm³/mol. The van der Waals surface area contributed by atoms with Crippen LogP contribution in [0.15, 0.2) is 58.0 Å². The number of H-pyrrole nitrogens is 1. The number of ether oxygens (including phenoxy) is 4. The van der Waals surface area contributed by atoms with Gasteiger partial charge in [0.1, 0.15) is 30.5 Å². The molecule has 0 radical (unpaired) electrons. The molecule has 0 spiro atoms. The second-order valence-electron chi connectivity index (χ2n) is 8.92. The Hall–Kier alpha value is -4.46. The summed E-state index contributed by atoms with van der Waals surface area (Å²) in [5.41, 5.74) is 3.78. The van der Waals surface area contributed by atoms with Crippen LogP contribution >= 0.6 is 0 Å². The molecular formula is C23H25N5O13. The monoisotopic (exact) mass is 579 g/mol. The molecule has 2 aliphatic rings. The standard InChI is InChI=1S/C23H25N5O13/c1-38-16-15(32)21(27-7-6-13(30)26-23(27)35)40-17(16)18(19(24)33)41-22-14(31)11(29)8-12(39-22)20(34)25-9-2-4-10(5-3-9)28(36)37/h2-8,11,14-18,21-22,29,31-32H,1H3,(H2,24,33)(H,25,34)(H,26,30,35)/t11-,14-,15+,16-,17-,18-,21+,22?/m0/s1. The van der Waals surface area contributed by atoms with E-state index < -0.39 is 82.9 Å². The summed E-state index contributed by atoms with van der Waals surface area (Å²) in [6.07, 6.45) is -11.2. The highest BCUT2D eigenvalue weighted by Crippen LogP contribution is 2.34. The number of hydrogen-bond acceptors (Lipinski definition) is 13. The number of non-ortho nitro benzene ring substituents is 1. The molecule has 1 aromatic carbocycles. The Morgan fingerprint density at radius 2 is 1.85 bits per heavy atom. The number of aromatic nitrogens is 2. The number of rotatable bonds is 9. The number of benzene rings is 1. The van der Waals surface area contributed by atoms with Crippen LogP contribution in [0.5, 0.6) is 0 Å². The fourth-order valence-corrected chi connectivity index (χ4v) is 4.25. The molecule has 8 atom stereocenters. The van der Waals surface area contributed by atoms with Crippen LogP contribution in [0.4, 0.5) is 11.4 Å². The molecule has 0 bridgehead atoms. The topological polar surface area (TPSA) is 268 Å². The number of nitrogens with zero attached hydrogens (tertiary/aromatic N) is 2. The summed E-state index contributed by atoms with van der Waals surface area (Å²) in [7, 11) is 1.17. The zero-order valence-electron chi connectivity index (χ0n) is 21.1. The molecule has 1 unspecified atom stereocenters. The highest BCUT2D eigenvalue weighted by Gasteiger charge is 2.52. The van der Waals surface area contributed by atoms with E-state index in [0.717, 1.165) is 35.0 Å². The van der Waals surface area contributed by atoms with Gasteiger partial charge in [-0.05, 0) is 18.2 Å². The molecule has 1 saturated heterocycles. The van der Waals surface area contributed by atoms with Crippen LogP contribution in [0, 0.1) is 10.1 Å². The predicted octanol–water partition coefficient (Wildman–Crippen LogP) is -2.81. The Morgan fingerprint density at radius 1 is 1.17 bits per heavy atom. The summed E-state index contributed by atoms with van der Waals surface area (Å²) < 4.78 is 22.7. The van der Waals surface area contributed by atoms with Crippen LogP contribution < -0.4 is 22.3 Å². The van der Waals surface area contributed by atoms with Crippen LogP contribution in [-0.4, -0.2) is 91.6 Å². The van der Waals surface area contributed by atoms with E-state index in [2.05, 4.69) is 5.32 Å². The SMILES string of the molecule is CO[C@H]1[C@@H](O)[C@H](n2ccc(=O)[nH]c2=O)O[C@@H]1[C@H](OC1OC(C(=O)Nc2ccc([N+](=O)[O-])cc2)=C[C@H](O)[C@@H]1O)C(N)=O. The van der Waals surface area contributed by atoms with Gasteiger partial charge in [0, 0.05) is 37.2 Å². The Kier molecular flexibility index (Phi) is 8.61. The van der Waals surface area contributed by atoms with Gasteiger partial charge in [-0.25, -0.2) is 4.79 Å². The van der Waals surface area contributed by atoms with Gasteiger partial charge >= 0.3 is 5.69 Å². The van der Waals surface area contributed by atoms with Gasteiger partial charge in [0.25, 0.3) is 17.2 Å². The first-order chi connectivity index (χ1) is 19.4. The summed E-state index contributed by atoms with van der Waals surface area (Å²) in [4.78, 5) is 61.0. The maximum atomic E-state index is 12.7. The molecule has 0 aliphatic carbocycles. The molecule has 0 saturated carbocycles. The van der Waals surface area contributed by atoms with Crippen molar-refractivity contribution in [3.8, 4) is 0 Å². The number of primary amides is 1. The molecule has 18 nitrogen and oxygen atoms in total. The number of nitrogens with one attached hydrogen (secondary N) is 2. The average molecular weight is 579 g/mol. The molecule has 1 aromatic heterocycles. The number of nitrogens with two attached hydrogens (primary N) is 1. The van der Waals surface area contributed by atoms with Crippen molar-refractivity contribution in [2.75, 3.05) is 12.4 Å². The minimum atomic E-state index is -1.88. The van der Waals surface area contributed by atoms with Gasteiger partial charge in [0.2, 0.25) is 12.2 Å². The summed E-state index contributed by atoms with van der Waals surface area (Å²) in [5, 5.41) is 44.8. The smallest absolute Gasteiger partial charge is 0.330 e. The van der Waals surface area contributed by atoms with Crippen molar-refractivity contribution >= 4 is 23.2 Å². The molecule has 2 amide bonds. The normalized spacial score (nSPS) is 28.3. The van der Waals surface area contributed by atoms with Gasteiger partial charge in [0.15, 0.2) is 18.1 Å². The lowest BCUT2D eigenvalue weighted by Crippen LogP contribution is -2.53. The molecular weight excluding hydrogens is 554 g/mol. The number of methoxy groups -OCH3 is 1. The number of amides is 2. The minimum Gasteiger partial charge on any atom is -0.456 e. The first-order valence-corrected chi connectivity index (χ1v) is 11.8. The Balaban J connectivity index is 1.53. The fourth-order valence-electron chi connectivity index (χ4n) is 4.25. The van der Waals surface area contributed by atoms with Crippen LogP contribution in [-0.2, 0) is 28.5 Å². The quantitative estimate of drug-likeness (QED) is 0.129. The number of nitro groups is 1. The molecule has 18 heteroatoms. The van der Waals surface area contributed by atoms with Gasteiger partial charge in [-0.15, -0.1) is 0 Å². The van der Waals surface area contributed by atoms with Crippen molar-refractivity contribution in [3.05, 3.63) is 79.3 Å². The maximum absolute atomic E-state index is 12.7. The van der Waals surface area contributed by atoms with E-state index in [1.54, 1.807) is 0 Å². The number of nitro benzene ring substituents is 1. The Labute approximate surface area is 228 Å². The number of carbonyl (C=O) groups excluding carboxylic acids is 2. The second-order valence-corrected chi connectivity index (χ2v) is 8.92. The summed E-state index contributed by atoms with van der Waals surface area (Å²) in [5.74, 6) is -2.66. The van der Waals surface area contributed by atoms with Crippen LogP contribution in [0.2, 0.25) is 0 Å². The molecule has 3 heterocycles. The number of aliphatic hydroxyl groups excluding tert-OH is 3. The summed E-state index contributed by atoms with van der Waals surface area (Å²) in [6.45, 7) is 0. The van der Waals surface area contributed by atoms with E-state index in [4.69, 9.17) is 24.7 Å². The lowest BCUT2D eigenvalue weighted by Gasteiger charge is -2.35. The van der Waals surface area contributed by atoms with E-state index >= 15 is 0 Å². The third-order valence-corrected chi connectivity index (χ3v) is 6.26. The number of anilines is 1. The lowest BCUT2D eigenvalue weighted by atomic mass is 10.0. The zero-order chi connectivity index (χ0) is 30.0. The van der Waals surface area contributed by atoms with E-state index in [-0.39, 0.29) is 11.4 Å². The van der Waals surface area contributed by atoms with E-state index in [1.165, 1.54) is 19.2 Å². The van der Waals surface area contributed by atoms with E-state index in [0.29, 0.717) is 0 Å². The molecule has 4 rings (SSSR count). The second kappa shape index (κ2) is 12.0. The summed E-state index contributed by atoms with van der Waals surface area (Å²) in [6, 6.07) is 5.78. The highest BCUT2D eigenvalue weighted by molar-refractivity contribution is 6.02. The maximum Gasteiger partial charge on any atom is 0.330 e. The average Bonchev–Trinajstić information content (AvgIpc) is 3.24. The van der Waals surface area contributed by atoms with E-state index in [9.17, 15) is 44.6 Å². The molecule has 41 heavy (non-hydrogen) atoms. The van der Waals surface area contributed by atoms with Gasteiger partial charge in [-0.3, -0.25) is 34.0 Å². The Morgan fingerprint density at radius 3 is 2.44 bits per heavy atom. The van der Waals surface area contributed by atoms with Crippen molar-refractivity contribution in [2.24, 2.45) is 5.73 Å². The number of hydrogen-bond donors (Lipinski definition) is 6. The first kappa shape index (κ1) is 29.5. The zero-order valence-corrected chi connectivity index (χ0v) is 21.1. The van der Waals surface area contributed by atoms with Gasteiger partial charge < -0.3 is 45.3 Å². The third-order valence-electron chi connectivity index (χ3n) is 6.26. The molecule has 2 aliphatic heterocycles. The van der Waals surface area contributed by atoms with Crippen LogP contribution in [0.25, 0.3) is 0 Å².